The lowest BCUT2D eigenvalue weighted by atomic mass is 9.96. The minimum Gasteiger partial charge on any atom is -0.497 e. The SMILES string of the molecule is COc1ccc(/C(C)=N/NC(=O)C2CCN(Cc3ccc(Br)cc3)CC2)cc1. The van der Waals surface area contributed by atoms with Crippen LogP contribution in [0.3, 0.4) is 0 Å². The van der Waals surface area contributed by atoms with Crippen LogP contribution in [-0.4, -0.2) is 36.7 Å². The third-order valence-corrected chi connectivity index (χ3v) is 5.65. The Bertz CT molecular complexity index is 811. The molecule has 0 aromatic heterocycles. The number of benzene rings is 2. The van der Waals surface area contributed by atoms with E-state index >= 15 is 0 Å². The molecule has 0 aliphatic carbocycles. The number of hydrazone groups is 1. The zero-order chi connectivity index (χ0) is 19.9. The van der Waals surface area contributed by atoms with Gasteiger partial charge in [-0.3, -0.25) is 9.69 Å². The molecule has 0 spiro atoms. The zero-order valence-electron chi connectivity index (χ0n) is 16.3. The van der Waals surface area contributed by atoms with Crippen LogP contribution in [0.1, 0.15) is 30.9 Å². The first-order valence-corrected chi connectivity index (χ1v) is 10.3. The molecule has 1 heterocycles. The van der Waals surface area contributed by atoms with E-state index in [-0.39, 0.29) is 11.8 Å². The molecule has 1 aliphatic heterocycles. The molecule has 28 heavy (non-hydrogen) atoms. The van der Waals surface area contributed by atoms with E-state index in [1.54, 1.807) is 7.11 Å². The minimum atomic E-state index is 0.0103. The van der Waals surface area contributed by atoms with Crippen molar-refractivity contribution in [1.82, 2.24) is 10.3 Å². The predicted molar refractivity (Wildman–Crippen MR) is 115 cm³/mol. The van der Waals surface area contributed by atoms with Crippen LogP contribution in [0.2, 0.25) is 0 Å². The molecule has 1 amide bonds. The van der Waals surface area contributed by atoms with Crippen molar-refractivity contribution in [2.45, 2.75) is 26.3 Å². The number of carbonyl (C=O) groups is 1. The lowest BCUT2D eigenvalue weighted by Crippen LogP contribution is -2.39. The lowest BCUT2D eigenvalue weighted by Gasteiger charge is -2.30. The summed E-state index contributed by atoms with van der Waals surface area (Å²) >= 11 is 3.47. The van der Waals surface area contributed by atoms with Crippen molar-refractivity contribution in [2.75, 3.05) is 20.2 Å². The molecule has 0 atom stereocenters. The third-order valence-electron chi connectivity index (χ3n) is 5.12. The van der Waals surface area contributed by atoms with Crippen molar-refractivity contribution in [3.8, 4) is 5.75 Å². The fourth-order valence-electron chi connectivity index (χ4n) is 3.33. The van der Waals surface area contributed by atoms with E-state index in [1.807, 2.05) is 31.2 Å². The van der Waals surface area contributed by atoms with Crippen LogP contribution in [0, 0.1) is 5.92 Å². The van der Waals surface area contributed by atoms with E-state index in [2.05, 4.69) is 55.6 Å². The molecule has 0 unspecified atom stereocenters. The summed E-state index contributed by atoms with van der Waals surface area (Å²) in [5, 5.41) is 4.28. The van der Waals surface area contributed by atoms with Gasteiger partial charge in [-0.1, -0.05) is 28.1 Å². The number of halogens is 1. The summed E-state index contributed by atoms with van der Waals surface area (Å²) in [6.07, 6.45) is 1.72. The Hall–Kier alpha value is -2.18. The Labute approximate surface area is 174 Å². The molecule has 0 saturated carbocycles. The Morgan fingerprint density at radius 1 is 1.14 bits per heavy atom. The molecular weight excluding hydrogens is 418 g/mol. The van der Waals surface area contributed by atoms with Gasteiger partial charge in [-0.2, -0.15) is 5.10 Å². The Morgan fingerprint density at radius 3 is 2.39 bits per heavy atom. The maximum Gasteiger partial charge on any atom is 0.243 e. The number of amides is 1. The quantitative estimate of drug-likeness (QED) is 0.537. The predicted octanol–water partition coefficient (Wildman–Crippen LogP) is 4.21. The van der Waals surface area contributed by atoms with Crippen molar-refractivity contribution in [3.05, 3.63) is 64.1 Å². The second kappa shape index (κ2) is 9.85. The average Bonchev–Trinajstić information content (AvgIpc) is 2.74. The summed E-state index contributed by atoms with van der Waals surface area (Å²) in [6, 6.07) is 16.1. The van der Waals surface area contributed by atoms with E-state index in [0.29, 0.717) is 0 Å². The standard InChI is InChI=1S/C22H26BrN3O2/c1-16(18-5-9-21(28-2)10-6-18)24-25-22(27)19-11-13-26(14-12-19)15-17-3-7-20(23)8-4-17/h3-10,19H,11-15H2,1-2H3,(H,25,27)/b24-16+. The highest BCUT2D eigenvalue weighted by molar-refractivity contribution is 9.10. The fraction of sp³-hybridized carbons (Fsp3) is 0.364. The van der Waals surface area contributed by atoms with Crippen LogP contribution in [0.4, 0.5) is 0 Å². The van der Waals surface area contributed by atoms with E-state index < -0.39 is 0 Å². The van der Waals surface area contributed by atoms with Gasteiger partial charge in [0.15, 0.2) is 0 Å². The second-order valence-corrected chi connectivity index (χ2v) is 7.99. The highest BCUT2D eigenvalue weighted by atomic mass is 79.9. The van der Waals surface area contributed by atoms with Gasteiger partial charge in [-0.25, -0.2) is 5.43 Å². The lowest BCUT2D eigenvalue weighted by molar-refractivity contribution is -0.126. The number of piperidine rings is 1. The van der Waals surface area contributed by atoms with Crippen LogP contribution in [-0.2, 0) is 11.3 Å². The first-order valence-electron chi connectivity index (χ1n) is 9.50. The number of ether oxygens (including phenoxy) is 1. The van der Waals surface area contributed by atoms with Crippen LogP contribution in [0.5, 0.6) is 5.75 Å². The van der Waals surface area contributed by atoms with Gasteiger partial charge in [0.25, 0.3) is 0 Å². The first kappa shape index (κ1) is 20.6. The van der Waals surface area contributed by atoms with Crippen molar-refractivity contribution in [3.63, 3.8) is 0 Å². The molecule has 1 N–H and O–H groups in total. The van der Waals surface area contributed by atoms with Gasteiger partial charge in [0.1, 0.15) is 5.75 Å². The monoisotopic (exact) mass is 443 g/mol. The number of rotatable bonds is 6. The molecule has 2 aromatic rings. The van der Waals surface area contributed by atoms with Crippen molar-refractivity contribution >= 4 is 27.5 Å². The topological polar surface area (TPSA) is 53.9 Å². The fourth-order valence-corrected chi connectivity index (χ4v) is 3.59. The van der Waals surface area contributed by atoms with Gasteiger partial charge < -0.3 is 4.74 Å². The summed E-state index contributed by atoms with van der Waals surface area (Å²) < 4.78 is 6.26. The number of carbonyl (C=O) groups excluding carboxylic acids is 1. The van der Waals surface area contributed by atoms with Crippen molar-refractivity contribution in [1.29, 1.82) is 0 Å². The summed E-state index contributed by atoms with van der Waals surface area (Å²) in [4.78, 5) is 14.9. The first-order chi connectivity index (χ1) is 13.5. The van der Waals surface area contributed by atoms with E-state index in [0.717, 1.165) is 54.0 Å². The summed E-state index contributed by atoms with van der Waals surface area (Å²) in [5.74, 6) is 0.834. The number of likely N-dealkylation sites (tertiary alicyclic amines) is 1. The van der Waals surface area contributed by atoms with E-state index in [9.17, 15) is 4.79 Å². The molecule has 3 rings (SSSR count). The molecule has 1 saturated heterocycles. The summed E-state index contributed by atoms with van der Waals surface area (Å²) in [5.41, 5.74) is 5.79. The molecule has 0 radical (unpaired) electrons. The summed E-state index contributed by atoms with van der Waals surface area (Å²) in [7, 11) is 1.64. The maximum atomic E-state index is 12.5. The van der Waals surface area contributed by atoms with Crippen molar-refractivity contribution < 1.29 is 9.53 Å². The van der Waals surface area contributed by atoms with Gasteiger partial charge in [0.2, 0.25) is 5.91 Å². The highest BCUT2D eigenvalue weighted by Gasteiger charge is 2.24. The Morgan fingerprint density at radius 2 is 1.79 bits per heavy atom. The minimum absolute atomic E-state index is 0.0103. The van der Waals surface area contributed by atoms with Gasteiger partial charge in [-0.05, 0) is 80.4 Å². The third kappa shape index (κ3) is 5.66. The second-order valence-electron chi connectivity index (χ2n) is 7.08. The number of methoxy groups -OCH3 is 1. The normalized spacial score (nSPS) is 16.0. The number of hydrogen-bond donors (Lipinski definition) is 1. The van der Waals surface area contributed by atoms with Gasteiger partial charge in [0, 0.05) is 16.9 Å². The molecule has 1 aliphatic rings. The van der Waals surface area contributed by atoms with Gasteiger partial charge in [0.05, 0.1) is 12.8 Å². The largest absolute Gasteiger partial charge is 0.497 e. The molecule has 6 heteroatoms. The van der Waals surface area contributed by atoms with E-state index in [1.165, 1.54) is 5.56 Å². The van der Waals surface area contributed by atoms with Crippen LogP contribution >= 0.6 is 15.9 Å². The van der Waals surface area contributed by atoms with Crippen molar-refractivity contribution in [2.24, 2.45) is 11.0 Å². The zero-order valence-corrected chi connectivity index (χ0v) is 17.9. The van der Waals surface area contributed by atoms with E-state index in [4.69, 9.17) is 4.74 Å². The average molecular weight is 444 g/mol. The molecule has 1 fully saturated rings. The number of nitrogens with one attached hydrogen (secondary N) is 1. The van der Waals surface area contributed by atoms with Crippen LogP contribution < -0.4 is 10.2 Å². The molecule has 0 bridgehead atoms. The molecule has 148 valence electrons. The number of nitrogens with zero attached hydrogens (tertiary/aromatic N) is 2. The Kier molecular flexibility index (Phi) is 7.23. The molecular formula is C22H26BrN3O2. The highest BCUT2D eigenvalue weighted by Crippen LogP contribution is 2.20. The maximum absolute atomic E-state index is 12.5. The van der Waals surface area contributed by atoms with Gasteiger partial charge in [-0.15, -0.1) is 0 Å². The summed E-state index contributed by atoms with van der Waals surface area (Å²) in [6.45, 7) is 4.67. The van der Waals surface area contributed by atoms with Gasteiger partial charge >= 0.3 is 0 Å². The molecule has 2 aromatic carbocycles. The Balaban J connectivity index is 1.47. The number of hydrogen-bond acceptors (Lipinski definition) is 4. The van der Waals surface area contributed by atoms with Crippen LogP contribution in [0.15, 0.2) is 58.1 Å². The molecule has 5 nitrogen and oxygen atoms in total. The van der Waals surface area contributed by atoms with Crippen LogP contribution in [0.25, 0.3) is 0 Å². The smallest absolute Gasteiger partial charge is 0.243 e.